The molecule has 2 saturated heterocycles. The van der Waals surface area contributed by atoms with Crippen molar-refractivity contribution >= 4 is 38.4 Å². The Morgan fingerprint density at radius 2 is 2.00 bits per heavy atom. The van der Waals surface area contributed by atoms with E-state index in [2.05, 4.69) is 4.99 Å². The Kier molecular flexibility index (Phi) is 4.40. The lowest BCUT2D eigenvalue weighted by atomic mass is 10.1. The molecule has 0 unspecified atom stereocenters. The minimum absolute atomic E-state index is 0.0586. The number of hydrogen-bond donors (Lipinski definition) is 0. The summed E-state index contributed by atoms with van der Waals surface area (Å²) in [5, 5.41) is 9.01. The van der Waals surface area contributed by atoms with Gasteiger partial charge in [0, 0.05) is 10.9 Å². The van der Waals surface area contributed by atoms with Crippen LogP contribution in [0, 0.1) is 25.2 Å². The van der Waals surface area contributed by atoms with Gasteiger partial charge in [0.05, 0.1) is 23.6 Å². The van der Waals surface area contributed by atoms with Crippen molar-refractivity contribution in [3.8, 4) is 6.07 Å². The molecule has 2 fully saturated rings. The summed E-state index contributed by atoms with van der Waals surface area (Å²) in [5.74, 6) is -0.352. The average Bonchev–Trinajstić information content (AvgIpc) is 2.88. The summed E-state index contributed by atoms with van der Waals surface area (Å²) in [7, 11) is -3.08. The van der Waals surface area contributed by atoms with Gasteiger partial charge in [-0.25, -0.2) is 8.42 Å². The van der Waals surface area contributed by atoms with Gasteiger partial charge < -0.3 is 4.90 Å². The topological polar surface area (TPSA) is 90.6 Å². The number of anilines is 1. The molecular weight excluding hydrogens is 346 g/mol. The number of benzene rings is 1. The Morgan fingerprint density at radius 1 is 1.33 bits per heavy atom. The van der Waals surface area contributed by atoms with Crippen LogP contribution in [0.2, 0.25) is 0 Å². The second-order valence-corrected chi connectivity index (χ2v) is 9.50. The molecular formula is C16H17N3O3S2. The number of amides is 1. The van der Waals surface area contributed by atoms with Gasteiger partial charge in [-0.2, -0.15) is 10.3 Å². The van der Waals surface area contributed by atoms with E-state index in [9.17, 15) is 13.2 Å². The van der Waals surface area contributed by atoms with E-state index in [-0.39, 0.29) is 29.2 Å². The highest BCUT2D eigenvalue weighted by Gasteiger charge is 2.49. The lowest BCUT2D eigenvalue weighted by Gasteiger charge is -2.25. The number of amidine groups is 1. The molecule has 2 heterocycles. The van der Waals surface area contributed by atoms with Crippen LogP contribution in [0.4, 0.5) is 5.69 Å². The monoisotopic (exact) mass is 363 g/mol. The Labute approximate surface area is 145 Å². The zero-order valence-corrected chi connectivity index (χ0v) is 15.0. The molecule has 0 saturated carbocycles. The normalized spacial score (nSPS) is 26.4. The second-order valence-electron chi connectivity index (χ2n) is 6.14. The highest BCUT2D eigenvalue weighted by Crippen LogP contribution is 2.41. The zero-order chi connectivity index (χ0) is 17.5. The average molecular weight is 363 g/mol. The minimum Gasteiger partial charge on any atom is -0.316 e. The summed E-state index contributed by atoms with van der Waals surface area (Å²) < 4.78 is 24.0. The number of sulfone groups is 1. The van der Waals surface area contributed by atoms with Crippen LogP contribution in [0.5, 0.6) is 0 Å². The van der Waals surface area contributed by atoms with Gasteiger partial charge in [0.25, 0.3) is 5.91 Å². The zero-order valence-electron chi connectivity index (χ0n) is 13.4. The molecule has 0 bridgehead atoms. The molecule has 0 radical (unpaired) electrons. The maximum Gasteiger partial charge on any atom is 0.262 e. The molecule has 2 aliphatic rings. The highest BCUT2D eigenvalue weighted by atomic mass is 32.2. The largest absolute Gasteiger partial charge is 0.316 e. The summed E-state index contributed by atoms with van der Waals surface area (Å²) in [6, 6.07) is 7.53. The van der Waals surface area contributed by atoms with E-state index in [1.807, 2.05) is 36.9 Å². The fourth-order valence-electron chi connectivity index (χ4n) is 3.17. The van der Waals surface area contributed by atoms with Crippen molar-refractivity contribution in [2.45, 2.75) is 31.6 Å². The predicted octanol–water partition coefficient (Wildman–Crippen LogP) is 1.82. The first kappa shape index (κ1) is 17.0. The lowest BCUT2D eigenvalue weighted by molar-refractivity contribution is -0.116. The van der Waals surface area contributed by atoms with E-state index < -0.39 is 15.7 Å². The highest BCUT2D eigenvalue weighted by molar-refractivity contribution is 8.16. The molecule has 0 aromatic heterocycles. The number of fused-ring (bicyclic) bond motifs is 1. The van der Waals surface area contributed by atoms with E-state index in [1.165, 1.54) is 11.8 Å². The number of carbonyl (C=O) groups is 1. The number of carbonyl (C=O) groups excluding carboxylic acids is 1. The summed E-state index contributed by atoms with van der Waals surface area (Å²) in [5.41, 5.74) is 2.96. The van der Waals surface area contributed by atoms with E-state index in [0.29, 0.717) is 5.17 Å². The fourth-order valence-corrected chi connectivity index (χ4v) is 7.10. The van der Waals surface area contributed by atoms with Crippen LogP contribution >= 0.6 is 11.8 Å². The van der Waals surface area contributed by atoms with Crippen molar-refractivity contribution in [1.82, 2.24) is 0 Å². The van der Waals surface area contributed by atoms with Crippen LogP contribution in [0.3, 0.4) is 0 Å². The molecule has 2 atom stereocenters. The first-order chi connectivity index (χ1) is 11.3. The fraction of sp³-hybridized carbons (Fsp3) is 0.438. The molecule has 1 amide bonds. The molecule has 0 aliphatic carbocycles. The first-order valence-electron chi connectivity index (χ1n) is 7.52. The Morgan fingerprint density at radius 3 is 2.62 bits per heavy atom. The molecule has 6 nitrogen and oxygen atoms in total. The Bertz CT molecular complexity index is 851. The summed E-state index contributed by atoms with van der Waals surface area (Å²) in [6.45, 7) is 3.94. The van der Waals surface area contributed by atoms with E-state index in [0.717, 1.165) is 16.8 Å². The number of aliphatic imine (C=N–C) groups is 1. The molecule has 1 aromatic rings. The van der Waals surface area contributed by atoms with Gasteiger partial charge in [-0.1, -0.05) is 17.8 Å². The number of thioether (sulfide) groups is 1. The summed E-state index contributed by atoms with van der Waals surface area (Å²) >= 11 is 1.32. The smallest absolute Gasteiger partial charge is 0.262 e. The van der Waals surface area contributed by atoms with Crippen LogP contribution in [0.1, 0.15) is 17.5 Å². The van der Waals surface area contributed by atoms with Gasteiger partial charge in [-0.15, -0.1) is 0 Å². The van der Waals surface area contributed by atoms with Crippen molar-refractivity contribution in [3.05, 3.63) is 29.3 Å². The van der Waals surface area contributed by atoms with Crippen molar-refractivity contribution in [1.29, 1.82) is 5.26 Å². The molecule has 8 heteroatoms. The number of hydrogen-bond acceptors (Lipinski definition) is 5. The van der Waals surface area contributed by atoms with Crippen LogP contribution in [-0.2, 0) is 14.6 Å². The van der Waals surface area contributed by atoms with Crippen LogP contribution < -0.4 is 4.90 Å². The predicted molar refractivity (Wildman–Crippen MR) is 94.9 cm³/mol. The van der Waals surface area contributed by atoms with Gasteiger partial charge in [0.15, 0.2) is 15.0 Å². The molecule has 0 spiro atoms. The van der Waals surface area contributed by atoms with Gasteiger partial charge in [-0.05, 0) is 37.1 Å². The lowest BCUT2D eigenvalue weighted by Crippen LogP contribution is -2.37. The molecule has 1 aromatic carbocycles. The van der Waals surface area contributed by atoms with Gasteiger partial charge in [0.1, 0.15) is 6.42 Å². The van der Waals surface area contributed by atoms with Gasteiger partial charge >= 0.3 is 0 Å². The SMILES string of the molecule is Cc1cc(C)cc(N2C(=NC(=O)CC#N)S[C@@H]3CS(=O)(=O)C[C@H]32)c1. The maximum atomic E-state index is 12.0. The van der Waals surface area contributed by atoms with E-state index >= 15 is 0 Å². The number of nitriles is 1. The Hall–Kier alpha value is -1.85. The Balaban J connectivity index is 2.04. The van der Waals surface area contributed by atoms with Crippen molar-refractivity contribution in [3.63, 3.8) is 0 Å². The third-order valence-corrected chi connectivity index (χ3v) is 7.21. The molecule has 24 heavy (non-hydrogen) atoms. The quantitative estimate of drug-likeness (QED) is 0.796. The number of aryl methyl sites for hydroxylation is 2. The minimum atomic E-state index is -3.08. The maximum absolute atomic E-state index is 12.0. The molecule has 3 rings (SSSR count). The number of nitrogens with zero attached hydrogens (tertiary/aromatic N) is 3. The summed E-state index contributed by atoms with van der Waals surface area (Å²) in [6.07, 6.45) is -0.279. The standard InChI is InChI=1S/C16H17N3O3S2/c1-10-5-11(2)7-12(6-10)19-13-8-24(21,22)9-14(13)23-16(19)18-15(20)3-4-17/h5-7,13-14H,3,8-9H2,1-2H3/t13-,14-/m1/s1. The molecule has 0 N–H and O–H groups in total. The van der Waals surface area contributed by atoms with Crippen LogP contribution in [0.25, 0.3) is 0 Å². The summed E-state index contributed by atoms with van der Waals surface area (Å²) in [4.78, 5) is 17.7. The van der Waals surface area contributed by atoms with Crippen LogP contribution in [0.15, 0.2) is 23.2 Å². The third-order valence-electron chi connectivity index (χ3n) is 4.00. The van der Waals surface area contributed by atoms with Gasteiger partial charge in [-0.3, -0.25) is 4.79 Å². The second kappa shape index (κ2) is 6.22. The third kappa shape index (κ3) is 3.32. The molecule has 2 aliphatic heterocycles. The first-order valence-corrected chi connectivity index (χ1v) is 10.2. The van der Waals surface area contributed by atoms with E-state index in [4.69, 9.17) is 5.26 Å². The van der Waals surface area contributed by atoms with Crippen molar-refractivity contribution in [2.24, 2.45) is 4.99 Å². The van der Waals surface area contributed by atoms with Gasteiger partial charge in [0.2, 0.25) is 0 Å². The van der Waals surface area contributed by atoms with Crippen molar-refractivity contribution in [2.75, 3.05) is 16.4 Å². The van der Waals surface area contributed by atoms with Crippen molar-refractivity contribution < 1.29 is 13.2 Å². The van der Waals surface area contributed by atoms with E-state index in [1.54, 1.807) is 6.07 Å². The van der Waals surface area contributed by atoms with Crippen LogP contribution in [-0.4, -0.2) is 42.3 Å². The molecule has 126 valence electrons. The number of rotatable bonds is 2.